The van der Waals surface area contributed by atoms with Crippen LogP contribution in [0.25, 0.3) is 0 Å². The maximum absolute atomic E-state index is 4.09. The predicted octanol–water partition coefficient (Wildman–Crippen LogP) is 3.23. The van der Waals surface area contributed by atoms with E-state index in [9.17, 15) is 0 Å². The fourth-order valence-corrected chi connectivity index (χ4v) is 1.78. The van der Waals surface area contributed by atoms with Gasteiger partial charge in [0.2, 0.25) is 0 Å². The van der Waals surface area contributed by atoms with Crippen molar-refractivity contribution in [3.8, 4) is 0 Å². The number of thiazole rings is 1. The molecule has 0 saturated carbocycles. The number of aromatic nitrogens is 1. The molecule has 2 nitrogen and oxygen atoms in total. The Morgan fingerprint density at radius 2 is 2.00 bits per heavy atom. The van der Waals surface area contributed by atoms with Gasteiger partial charge in [0.15, 0.2) is 0 Å². The Morgan fingerprint density at radius 1 is 1.36 bits per heavy atom. The second-order valence-corrected chi connectivity index (χ2v) is 5.80. The minimum atomic E-state index is 0.305. The number of nitrogens with one attached hydrogen (secondary N) is 1. The molecule has 1 rings (SSSR count). The highest BCUT2D eigenvalue weighted by molar-refractivity contribution is 7.09. The van der Waals surface area contributed by atoms with Crippen LogP contribution in [0.2, 0.25) is 0 Å². The molecule has 0 fully saturated rings. The summed E-state index contributed by atoms with van der Waals surface area (Å²) in [6.07, 6.45) is 1.94. The zero-order valence-corrected chi connectivity index (χ0v) is 10.5. The summed E-state index contributed by atoms with van der Waals surface area (Å²) in [5.41, 5.74) is 2.19. The molecule has 80 valence electrons. The van der Waals surface area contributed by atoms with E-state index in [1.165, 1.54) is 4.88 Å². The van der Waals surface area contributed by atoms with Gasteiger partial charge in [-0.15, -0.1) is 11.3 Å². The van der Waals surface area contributed by atoms with E-state index in [0.29, 0.717) is 17.5 Å². The standard InChI is InChI=1S/C11H20N2S/c1-8(10-6-12-7-14-10)13-9(2)11(3,4)5/h6-9,13H,1-5H3. The summed E-state index contributed by atoms with van der Waals surface area (Å²) in [7, 11) is 0. The molecule has 0 spiro atoms. The van der Waals surface area contributed by atoms with E-state index >= 15 is 0 Å². The SMILES string of the molecule is CC(NC(C)C(C)(C)C)c1cncs1. The van der Waals surface area contributed by atoms with Crippen molar-refractivity contribution in [2.45, 2.75) is 46.7 Å². The summed E-state index contributed by atoms with van der Waals surface area (Å²) < 4.78 is 0. The Morgan fingerprint density at radius 3 is 2.43 bits per heavy atom. The van der Waals surface area contributed by atoms with Gasteiger partial charge in [-0.3, -0.25) is 4.98 Å². The molecule has 0 amide bonds. The smallest absolute Gasteiger partial charge is 0.0794 e. The van der Waals surface area contributed by atoms with Gasteiger partial charge in [-0.05, 0) is 19.3 Å². The van der Waals surface area contributed by atoms with Gasteiger partial charge in [0, 0.05) is 23.2 Å². The van der Waals surface area contributed by atoms with Crippen LogP contribution in [-0.4, -0.2) is 11.0 Å². The highest BCUT2D eigenvalue weighted by Crippen LogP contribution is 2.23. The van der Waals surface area contributed by atoms with E-state index in [1.54, 1.807) is 11.3 Å². The summed E-state index contributed by atoms with van der Waals surface area (Å²) >= 11 is 1.71. The van der Waals surface area contributed by atoms with Crippen LogP contribution in [0.15, 0.2) is 11.7 Å². The van der Waals surface area contributed by atoms with E-state index < -0.39 is 0 Å². The quantitative estimate of drug-likeness (QED) is 0.832. The first-order valence-electron chi connectivity index (χ1n) is 5.05. The third kappa shape index (κ3) is 3.07. The fourth-order valence-electron chi connectivity index (χ4n) is 1.15. The maximum Gasteiger partial charge on any atom is 0.0794 e. The van der Waals surface area contributed by atoms with Gasteiger partial charge >= 0.3 is 0 Å². The summed E-state index contributed by atoms with van der Waals surface area (Å²) in [5, 5.41) is 3.59. The molecule has 0 radical (unpaired) electrons. The Bertz CT molecular complexity index is 261. The van der Waals surface area contributed by atoms with E-state index in [4.69, 9.17) is 0 Å². The van der Waals surface area contributed by atoms with E-state index in [-0.39, 0.29) is 0 Å². The highest BCUT2D eigenvalue weighted by Gasteiger charge is 2.21. The van der Waals surface area contributed by atoms with Crippen LogP contribution >= 0.6 is 11.3 Å². The molecule has 1 heterocycles. The van der Waals surface area contributed by atoms with Crippen molar-refractivity contribution in [2.24, 2.45) is 5.41 Å². The summed E-state index contributed by atoms with van der Waals surface area (Å²) in [6.45, 7) is 11.2. The zero-order chi connectivity index (χ0) is 10.8. The summed E-state index contributed by atoms with van der Waals surface area (Å²) in [4.78, 5) is 5.40. The van der Waals surface area contributed by atoms with Gasteiger partial charge in [-0.1, -0.05) is 20.8 Å². The second-order valence-electron chi connectivity index (χ2n) is 4.88. The van der Waals surface area contributed by atoms with Crippen LogP contribution in [0.4, 0.5) is 0 Å². The molecule has 2 atom stereocenters. The van der Waals surface area contributed by atoms with E-state index in [2.05, 4.69) is 44.9 Å². The minimum absolute atomic E-state index is 0.305. The average molecular weight is 212 g/mol. The lowest BCUT2D eigenvalue weighted by molar-refractivity contribution is 0.269. The normalized spacial score (nSPS) is 16.6. The highest BCUT2D eigenvalue weighted by atomic mass is 32.1. The second kappa shape index (κ2) is 4.41. The van der Waals surface area contributed by atoms with Crippen LogP contribution in [-0.2, 0) is 0 Å². The van der Waals surface area contributed by atoms with Crippen molar-refractivity contribution in [1.29, 1.82) is 0 Å². The first-order chi connectivity index (χ1) is 6.41. The fraction of sp³-hybridized carbons (Fsp3) is 0.727. The lowest BCUT2D eigenvalue weighted by Crippen LogP contribution is -2.38. The summed E-state index contributed by atoms with van der Waals surface area (Å²) in [6, 6.07) is 0.899. The molecule has 14 heavy (non-hydrogen) atoms. The number of hydrogen-bond donors (Lipinski definition) is 1. The molecule has 0 saturated heterocycles. The maximum atomic E-state index is 4.09. The molecule has 1 N–H and O–H groups in total. The molecule has 0 aromatic carbocycles. The van der Waals surface area contributed by atoms with Gasteiger partial charge in [0.05, 0.1) is 5.51 Å². The molecule has 0 aliphatic carbocycles. The van der Waals surface area contributed by atoms with Crippen LogP contribution < -0.4 is 5.32 Å². The number of rotatable bonds is 3. The molecule has 2 unspecified atom stereocenters. The van der Waals surface area contributed by atoms with Crippen molar-refractivity contribution in [3.63, 3.8) is 0 Å². The van der Waals surface area contributed by atoms with Crippen LogP contribution in [0.5, 0.6) is 0 Å². The van der Waals surface area contributed by atoms with Crippen LogP contribution in [0.3, 0.4) is 0 Å². The average Bonchev–Trinajstić information content (AvgIpc) is 2.53. The van der Waals surface area contributed by atoms with Crippen molar-refractivity contribution >= 4 is 11.3 Å². The molecule has 0 bridgehead atoms. The topological polar surface area (TPSA) is 24.9 Å². The van der Waals surface area contributed by atoms with Gasteiger partial charge in [-0.25, -0.2) is 0 Å². The molecule has 0 aliphatic heterocycles. The predicted molar refractivity (Wildman–Crippen MR) is 62.6 cm³/mol. The third-order valence-corrected chi connectivity index (χ3v) is 3.64. The van der Waals surface area contributed by atoms with Crippen molar-refractivity contribution in [2.75, 3.05) is 0 Å². The molecular weight excluding hydrogens is 192 g/mol. The number of hydrogen-bond acceptors (Lipinski definition) is 3. The van der Waals surface area contributed by atoms with Gasteiger partial charge in [-0.2, -0.15) is 0 Å². The molecule has 1 aromatic heterocycles. The Labute approximate surface area is 90.8 Å². The van der Waals surface area contributed by atoms with Crippen LogP contribution in [0.1, 0.15) is 45.5 Å². The Balaban J connectivity index is 2.53. The lowest BCUT2D eigenvalue weighted by Gasteiger charge is -2.30. The van der Waals surface area contributed by atoms with Crippen molar-refractivity contribution in [3.05, 3.63) is 16.6 Å². The van der Waals surface area contributed by atoms with E-state index in [1.807, 2.05) is 11.7 Å². The largest absolute Gasteiger partial charge is 0.306 e. The monoisotopic (exact) mass is 212 g/mol. The third-order valence-electron chi connectivity index (χ3n) is 2.68. The molecule has 3 heteroatoms. The minimum Gasteiger partial charge on any atom is -0.306 e. The summed E-state index contributed by atoms with van der Waals surface area (Å²) in [5.74, 6) is 0. The number of nitrogens with zero attached hydrogens (tertiary/aromatic N) is 1. The van der Waals surface area contributed by atoms with Crippen molar-refractivity contribution in [1.82, 2.24) is 10.3 Å². The molecule has 1 aromatic rings. The van der Waals surface area contributed by atoms with E-state index in [0.717, 1.165) is 0 Å². The zero-order valence-electron chi connectivity index (χ0n) is 9.66. The Kier molecular flexibility index (Phi) is 3.67. The molecular formula is C11H20N2S. The first kappa shape index (κ1) is 11.7. The van der Waals surface area contributed by atoms with Gasteiger partial charge in [0.25, 0.3) is 0 Å². The van der Waals surface area contributed by atoms with Gasteiger partial charge in [0.1, 0.15) is 0 Å². The lowest BCUT2D eigenvalue weighted by atomic mass is 9.87. The van der Waals surface area contributed by atoms with Gasteiger partial charge < -0.3 is 5.32 Å². The first-order valence-corrected chi connectivity index (χ1v) is 5.93. The van der Waals surface area contributed by atoms with Crippen LogP contribution in [0, 0.1) is 5.41 Å². The molecule has 0 aliphatic rings. The Hall–Kier alpha value is -0.410. The van der Waals surface area contributed by atoms with Crippen molar-refractivity contribution < 1.29 is 0 Å².